The van der Waals surface area contributed by atoms with Crippen LogP contribution in [0.15, 0.2) is 30.5 Å². The van der Waals surface area contributed by atoms with Crippen LogP contribution in [0.2, 0.25) is 0 Å². The predicted octanol–water partition coefficient (Wildman–Crippen LogP) is 1.06. The number of nitrogens with zero attached hydrogens (tertiary/aromatic N) is 2. The number of nitrogen functional groups attached to an aromatic ring is 1. The molecule has 3 N–H and O–H groups in total. The van der Waals surface area contributed by atoms with Crippen molar-refractivity contribution in [3.8, 4) is 0 Å². The quantitative estimate of drug-likeness (QED) is 0.531. The monoisotopic (exact) mass is 257 g/mol. The van der Waals surface area contributed by atoms with Gasteiger partial charge in [-0.1, -0.05) is 12.1 Å². The van der Waals surface area contributed by atoms with Gasteiger partial charge < -0.3 is 10.5 Å². The molecular weight excluding hydrogens is 244 g/mol. The molecule has 1 aromatic carbocycles. The number of hydrogen-bond donors (Lipinski definition) is 2. The molecule has 0 saturated heterocycles. The zero-order chi connectivity index (χ0) is 13.4. The highest BCUT2D eigenvalue weighted by Gasteiger charge is 2.21. The van der Waals surface area contributed by atoms with Crippen molar-refractivity contribution in [2.75, 3.05) is 12.3 Å². The number of para-hydroxylation sites is 2. The highest BCUT2D eigenvalue weighted by molar-refractivity contribution is 5.93. The summed E-state index contributed by atoms with van der Waals surface area (Å²) in [7, 11) is 0. The lowest BCUT2D eigenvalue weighted by Gasteiger charge is -2.02. The van der Waals surface area contributed by atoms with E-state index in [-0.39, 0.29) is 5.56 Å². The van der Waals surface area contributed by atoms with Crippen molar-refractivity contribution in [2.24, 2.45) is 0 Å². The summed E-state index contributed by atoms with van der Waals surface area (Å²) in [4.78, 5) is 19.1. The van der Waals surface area contributed by atoms with E-state index < -0.39 is 5.97 Å². The van der Waals surface area contributed by atoms with Crippen molar-refractivity contribution in [1.29, 1.82) is 0 Å². The molecule has 0 bridgehead atoms. The first-order valence-corrected chi connectivity index (χ1v) is 5.96. The second kappa shape index (κ2) is 4.24. The Morgan fingerprint density at radius 2 is 2.26 bits per heavy atom. The van der Waals surface area contributed by atoms with Gasteiger partial charge in [0.25, 0.3) is 0 Å². The van der Waals surface area contributed by atoms with Crippen molar-refractivity contribution < 1.29 is 13.9 Å². The Balaban J connectivity index is 2.31. The Hall–Kier alpha value is -2.63. The molecule has 6 nitrogen and oxygen atoms in total. The Kier molecular flexibility index (Phi) is 2.56. The van der Waals surface area contributed by atoms with Gasteiger partial charge in [-0.25, -0.2) is 4.79 Å². The van der Waals surface area contributed by atoms with E-state index in [0.29, 0.717) is 18.2 Å². The summed E-state index contributed by atoms with van der Waals surface area (Å²) >= 11 is 0. The van der Waals surface area contributed by atoms with Crippen molar-refractivity contribution >= 4 is 28.6 Å². The Bertz CT molecular complexity index is 779. The van der Waals surface area contributed by atoms with Crippen LogP contribution < -0.4 is 10.1 Å². The topological polar surface area (TPSA) is 85.1 Å². The van der Waals surface area contributed by atoms with Crippen LogP contribution in [0.25, 0.3) is 16.8 Å². The third-order valence-corrected chi connectivity index (χ3v) is 2.93. The normalized spacial score (nSPS) is 11.0. The summed E-state index contributed by atoms with van der Waals surface area (Å²) in [6.45, 7) is 2.05. The Morgan fingerprint density at radius 1 is 1.47 bits per heavy atom. The summed E-state index contributed by atoms with van der Waals surface area (Å²) in [5, 5.41) is 0. The lowest BCUT2D eigenvalue weighted by molar-refractivity contribution is -0.467. The minimum absolute atomic E-state index is 0.268. The summed E-state index contributed by atoms with van der Waals surface area (Å²) in [6.07, 6.45) is 1.43. The summed E-state index contributed by atoms with van der Waals surface area (Å²) in [6, 6.07) is 7.65. The largest absolute Gasteiger partial charge is 0.462 e. The summed E-state index contributed by atoms with van der Waals surface area (Å²) < 4.78 is 6.67. The number of fused-ring (bicyclic) bond motifs is 3. The number of hydrogen-bond acceptors (Lipinski definition) is 4. The molecular formula is C13H13N4O2+. The van der Waals surface area contributed by atoms with Crippen LogP contribution in [0.1, 0.15) is 17.3 Å². The lowest BCUT2D eigenvalue weighted by atomic mass is 10.3. The van der Waals surface area contributed by atoms with E-state index in [9.17, 15) is 4.79 Å². The second-order valence-corrected chi connectivity index (χ2v) is 4.08. The zero-order valence-electron chi connectivity index (χ0n) is 10.4. The minimum Gasteiger partial charge on any atom is -0.462 e. The number of aromatic amines is 1. The third-order valence-electron chi connectivity index (χ3n) is 2.93. The van der Waals surface area contributed by atoms with Crippen LogP contribution in [0, 0.1) is 0 Å². The van der Waals surface area contributed by atoms with Crippen LogP contribution in [0.5, 0.6) is 0 Å². The SMILES string of the molecule is CCOC(=O)c1cnc2[nH]c3ccccc3[n+]2c1N. The van der Waals surface area contributed by atoms with Gasteiger partial charge in [0, 0.05) is 0 Å². The van der Waals surface area contributed by atoms with E-state index in [0.717, 1.165) is 11.0 Å². The number of ether oxygens (including phenoxy) is 1. The Labute approximate surface area is 108 Å². The fraction of sp³-hybridized carbons (Fsp3) is 0.154. The predicted molar refractivity (Wildman–Crippen MR) is 69.6 cm³/mol. The number of esters is 1. The number of imidazole rings is 1. The molecule has 19 heavy (non-hydrogen) atoms. The first kappa shape index (κ1) is 11.5. The molecule has 0 aliphatic carbocycles. The maximum absolute atomic E-state index is 11.8. The highest BCUT2D eigenvalue weighted by atomic mass is 16.5. The zero-order valence-corrected chi connectivity index (χ0v) is 10.4. The lowest BCUT2D eigenvalue weighted by Crippen LogP contribution is -2.29. The molecule has 0 radical (unpaired) electrons. The van der Waals surface area contributed by atoms with Gasteiger partial charge in [0.05, 0.1) is 6.61 Å². The molecule has 0 unspecified atom stereocenters. The van der Waals surface area contributed by atoms with Crippen LogP contribution in [0.4, 0.5) is 5.82 Å². The first-order chi connectivity index (χ1) is 9.22. The fourth-order valence-corrected chi connectivity index (χ4v) is 2.08. The standard InChI is InChI=1S/C13H12N4O2/c1-2-19-12(18)8-7-15-13-16-9-5-3-4-6-10(9)17(13)11(8)14/h3-7H,2H2,1H3,(H2,14,15,16,18)/p+1. The number of rotatable bonds is 2. The second-order valence-electron chi connectivity index (χ2n) is 4.08. The molecule has 0 fully saturated rings. The Morgan fingerprint density at radius 3 is 3.05 bits per heavy atom. The van der Waals surface area contributed by atoms with Gasteiger partial charge in [0.1, 0.15) is 17.2 Å². The van der Waals surface area contributed by atoms with Gasteiger partial charge in [0.15, 0.2) is 5.56 Å². The number of nitrogens with one attached hydrogen (secondary N) is 1. The molecule has 2 heterocycles. The number of benzene rings is 1. The molecule has 0 aliphatic rings. The van der Waals surface area contributed by atoms with Crippen molar-refractivity contribution in [3.05, 3.63) is 36.0 Å². The molecule has 0 saturated carbocycles. The van der Waals surface area contributed by atoms with Gasteiger partial charge in [0.2, 0.25) is 5.82 Å². The van der Waals surface area contributed by atoms with Gasteiger partial charge in [-0.15, -0.1) is 4.98 Å². The van der Waals surface area contributed by atoms with Crippen molar-refractivity contribution in [1.82, 2.24) is 9.97 Å². The van der Waals surface area contributed by atoms with Gasteiger partial charge in [-0.3, -0.25) is 4.98 Å². The van der Waals surface area contributed by atoms with E-state index in [1.807, 2.05) is 24.3 Å². The molecule has 6 heteroatoms. The highest BCUT2D eigenvalue weighted by Crippen LogP contribution is 2.14. The molecule has 96 valence electrons. The maximum atomic E-state index is 11.8. The maximum Gasteiger partial charge on any atom is 0.357 e. The van der Waals surface area contributed by atoms with Crippen molar-refractivity contribution in [3.63, 3.8) is 0 Å². The van der Waals surface area contributed by atoms with Crippen molar-refractivity contribution in [2.45, 2.75) is 6.92 Å². The fourth-order valence-electron chi connectivity index (χ4n) is 2.08. The van der Waals surface area contributed by atoms with Crippen LogP contribution in [-0.4, -0.2) is 22.5 Å². The summed E-state index contributed by atoms with van der Waals surface area (Å²) in [5.74, 6) is 0.444. The average Bonchev–Trinajstić information content (AvgIpc) is 2.78. The van der Waals surface area contributed by atoms with E-state index >= 15 is 0 Å². The molecule has 0 aliphatic heterocycles. The number of anilines is 1. The molecule has 0 spiro atoms. The van der Waals surface area contributed by atoms with E-state index in [1.54, 1.807) is 11.3 Å². The van der Waals surface area contributed by atoms with Crippen LogP contribution in [0.3, 0.4) is 0 Å². The average molecular weight is 257 g/mol. The first-order valence-electron chi connectivity index (χ1n) is 5.96. The molecule has 3 aromatic rings. The molecule has 2 aromatic heterocycles. The number of carbonyl (C=O) groups excluding carboxylic acids is 1. The van der Waals surface area contributed by atoms with Crippen LogP contribution in [-0.2, 0) is 4.74 Å². The number of nitrogens with two attached hydrogens (primary N) is 1. The molecule has 0 atom stereocenters. The molecule has 3 rings (SSSR count). The number of aromatic nitrogens is 3. The van der Waals surface area contributed by atoms with E-state index in [1.165, 1.54) is 6.20 Å². The van der Waals surface area contributed by atoms with E-state index in [4.69, 9.17) is 10.5 Å². The van der Waals surface area contributed by atoms with E-state index in [2.05, 4.69) is 9.97 Å². The third kappa shape index (κ3) is 1.69. The van der Waals surface area contributed by atoms with Gasteiger partial charge in [-0.2, -0.15) is 4.40 Å². The smallest absolute Gasteiger partial charge is 0.357 e. The number of H-pyrrole nitrogens is 1. The number of carbonyl (C=O) groups is 1. The summed E-state index contributed by atoms with van der Waals surface area (Å²) in [5.41, 5.74) is 8.10. The minimum atomic E-state index is -0.466. The van der Waals surface area contributed by atoms with Crippen LogP contribution >= 0.6 is 0 Å². The van der Waals surface area contributed by atoms with Gasteiger partial charge >= 0.3 is 11.7 Å². The van der Waals surface area contributed by atoms with Gasteiger partial charge in [-0.05, 0) is 19.1 Å². The molecule has 0 amide bonds.